The lowest BCUT2D eigenvalue weighted by molar-refractivity contribution is 0.0726. The van der Waals surface area contributed by atoms with Crippen molar-refractivity contribution < 1.29 is 4.79 Å². The number of rotatable bonds is 2. The fourth-order valence-corrected chi connectivity index (χ4v) is 2.89. The number of carbonyl (C=O) groups is 1. The molecular weight excluding hydrogens is 332 g/mol. The largest absolute Gasteiger partial charge is 0.332 e. The van der Waals surface area contributed by atoms with Gasteiger partial charge in [-0.05, 0) is 19.1 Å². The lowest BCUT2D eigenvalue weighted by atomic mass is 10.1. The smallest absolute Gasteiger partial charge is 0.272 e. The minimum Gasteiger partial charge on any atom is -0.332 e. The normalized spacial score (nSPS) is 13.3. The zero-order valence-corrected chi connectivity index (χ0v) is 14.1. The van der Waals surface area contributed by atoms with Crippen molar-refractivity contribution in [3.63, 3.8) is 0 Å². The van der Waals surface area contributed by atoms with Gasteiger partial charge in [0.05, 0.1) is 29.7 Å². The molecular formula is C18H16N6O2. The van der Waals surface area contributed by atoms with Crippen LogP contribution in [0.1, 0.15) is 27.4 Å². The summed E-state index contributed by atoms with van der Waals surface area (Å²) in [5.74, 6) is 0.204. The molecule has 130 valence electrons. The summed E-state index contributed by atoms with van der Waals surface area (Å²) in [6.07, 6.45) is 5.29. The quantitative estimate of drug-likeness (QED) is 0.744. The maximum absolute atomic E-state index is 12.6. The van der Waals surface area contributed by atoms with Gasteiger partial charge in [-0.3, -0.25) is 19.6 Å². The van der Waals surface area contributed by atoms with Crippen LogP contribution in [0.2, 0.25) is 0 Å². The molecule has 0 atom stereocenters. The summed E-state index contributed by atoms with van der Waals surface area (Å²) in [5.41, 5.74) is 2.61. The molecule has 26 heavy (non-hydrogen) atoms. The van der Waals surface area contributed by atoms with Crippen molar-refractivity contribution >= 4 is 5.91 Å². The molecule has 0 aromatic carbocycles. The van der Waals surface area contributed by atoms with E-state index in [2.05, 4.69) is 24.9 Å². The highest BCUT2D eigenvalue weighted by Crippen LogP contribution is 2.18. The van der Waals surface area contributed by atoms with E-state index in [0.717, 1.165) is 5.69 Å². The molecule has 0 bridgehead atoms. The van der Waals surface area contributed by atoms with Gasteiger partial charge in [0.25, 0.3) is 11.5 Å². The number of H-pyrrole nitrogens is 1. The molecule has 4 heterocycles. The van der Waals surface area contributed by atoms with E-state index in [-0.39, 0.29) is 18.0 Å². The average molecular weight is 348 g/mol. The monoisotopic (exact) mass is 348 g/mol. The number of fused-ring (bicyclic) bond motifs is 1. The van der Waals surface area contributed by atoms with E-state index in [1.54, 1.807) is 41.7 Å². The van der Waals surface area contributed by atoms with E-state index in [0.29, 0.717) is 41.4 Å². The van der Waals surface area contributed by atoms with Crippen molar-refractivity contribution in [1.29, 1.82) is 0 Å². The molecule has 0 unspecified atom stereocenters. The van der Waals surface area contributed by atoms with E-state index < -0.39 is 0 Å². The second-order valence-electron chi connectivity index (χ2n) is 6.07. The van der Waals surface area contributed by atoms with Gasteiger partial charge >= 0.3 is 0 Å². The third-order valence-corrected chi connectivity index (χ3v) is 4.26. The standard InChI is InChI=1S/C18H16N6O2/c1-11-8-21-15(9-20-11)16-22-13-5-7-24(10-12(13)17(25)23-16)18(26)14-4-2-3-6-19-14/h2-4,6,8-9H,5,7,10H2,1H3,(H,22,23,25). The van der Waals surface area contributed by atoms with Gasteiger partial charge in [0.2, 0.25) is 0 Å². The summed E-state index contributed by atoms with van der Waals surface area (Å²) < 4.78 is 0. The number of hydrogen-bond donors (Lipinski definition) is 1. The third-order valence-electron chi connectivity index (χ3n) is 4.26. The topological polar surface area (TPSA) is 105 Å². The predicted octanol–water partition coefficient (Wildman–Crippen LogP) is 1.13. The highest BCUT2D eigenvalue weighted by molar-refractivity contribution is 5.92. The minimum absolute atomic E-state index is 0.191. The van der Waals surface area contributed by atoms with Gasteiger partial charge in [0, 0.05) is 25.4 Å². The Kier molecular flexibility index (Phi) is 4.00. The summed E-state index contributed by atoms with van der Waals surface area (Å²) in [7, 11) is 0. The van der Waals surface area contributed by atoms with Gasteiger partial charge in [-0.1, -0.05) is 6.07 Å². The van der Waals surface area contributed by atoms with Crippen molar-refractivity contribution in [3.8, 4) is 11.5 Å². The van der Waals surface area contributed by atoms with Crippen LogP contribution in [0, 0.1) is 6.92 Å². The molecule has 0 aliphatic carbocycles. The van der Waals surface area contributed by atoms with Crippen LogP contribution in [0.3, 0.4) is 0 Å². The lowest BCUT2D eigenvalue weighted by Crippen LogP contribution is -2.39. The van der Waals surface area contributed by atoms with Crippen LogP contribution in [-0.4, -0.2) is 42.3 Å². The number of aryl methyl sites for hydroxylation is 1. The zero-order chi connectivity index (χ0) is 18.1. The first-order valence-corrected chi connectivity index (χ1v) is 8.23. The van der Waals surface area contributed by atoms with Gasteiger partial charge in [-0.2, -0.15) is 0 Å². The van der Waals surface area contributed by atoms with E-state index in [1.807, 2.05) is 6.92 Å². The van der Waals surface area contributed by atoms with Crippen LogP contribution in [-0.2, 0) is 13.0 Å². The molecule has 3 aromatic rings. The van der Waals surface area contributed by atoms with Crippen LogP contribution in [0.25, 0.3) is 11.5 Å². The van der Waals surface area contributed by atoms with Crippen molar-refractivity contribution in [2.24, 2.45) is 0 Å². The van der Waals surface area contributed by atoms with Crippen LogP contribution >= 0.6 is 0 Å². The van der Waals surface area contributed by atoms with Gasteiger partial charge in [0.1, 0.15) is 11.4 Å². The molecule has 0 saturated heterocycles. The number of amides is 1. The van der Waals surface area contributed by atoms with Gasteiger partial charge in [-0.15, -0.1) is 0 Å². The highest BCUT2D eigenvalue weighted by atomic mass is 16.2. The maximum Gasteiger partial charge on any atom is 0.272 e. The second-order valence-corrected chi connectivity index (χ2v) is 6.07. The Labute approximate surface area is 149 Å². The van der Waals surface area contributed by atoms with Crippen molar-refractivity contribution in [2.75, 3.05) is 6.54 Å². The van der Waals surface area contributed by atoms with Gasteiger partial charge in [-0.25, -0.2) is 9.97 Å². The SMILES string of the molecule is Cc1cnc(-c2nc3c(c(=O)[nH]2)CN(C(=O)c2ccccn2)CC3)cn1. The molecule has 0 radical (unpaired) electrons. The molecule has 3 aromatic heterocycles. The molecule has 0 saturated carbocycles. The first-order valence-electron chi connectivity index (χ1n) is 8.23. The highest BCUT2D eigenvalue weighted by Gasteiger charge is 2.26. The Bertz CT molecular complexity index is 1010. The molecule has 0 spiro atoms. The fraction of sp³-hybridized carbons (Fsp3) is 0.222. The first-order chi connectivity index (χ1) is 12.6. The van der Waals surface area contributed by atoms with Gasteiger partial charge in [0.15, 0.2) is 5.82 Å². The summed E-state index contributed by atoms with van der Waals surface area (Å²) in [5, 5.41) is 0. The molecule has 1 N–H and O–H groups in total. The van der Waals surface area contributed by atoms with E-state index in [4.69, 9.17) is 0 Å². The van der Waals surface area contributed by atoms with Crippen molar-refractivity contribution in [2.45, 2.75) is 19.9 Å². The Morgan fingerprint density at radius 3 is 2.81 bits per heavy atom. The number of nitrogens with zero attached hydrogens (tertiary/aromatic N) is 5. The molecule has 1 aliphatic rings. The molecule has 8 nitrogen and oxygen atoms in total. The van der Waals surface area contributed by atoms with Crippen molar-refractivity contribution in [3.05, 3.63) is 69.8 Å². The predicted molar refractivity (Wildman–Crippen MR) is 93.3 cm³/mol. The molecule has 0 fully saturated rings. The molecule has 1 aliphatic heterocycles. The summed E-state index contributed by atoms with van der Waals surface area (Å²) in [6.45, 7) is 2.54. The number of hydrogen-bond acceptors (Lipinski definition) is 6. The summed E-state index contributed by atoms with van der Waals surface area (Å²) in [4.78, 5) is 46.5. The summed E-state index contributed by atoms with van der Waals surface area (Å²) >= 11 is 0. The minimum atomic E-state index is -0.258. The van der Waals surface area contributed by atoms with Crippen LogP contribution in [0.5, 0.6) is 0 Å². The summed E-state index contributed by atoms with van der Waals surface area (Å²) in [6, 6.07) is 5.19. The van der Waals surface area contributed by atoms with E-state index >= 15 is 0 Å². The van der Waals surface area contributed by atoms with E-state index in [1.165, 1.54) is 0 Å². The Balaban J connectivity index is 1.63. The van der Waals surface area contributed by atoms with Crippen LogP contribution < -0.4 is 5.56 Å². The second kappa shape index (κ2) is 6.47. The Morgan fingerprint density at radius 1 is 1.19 bits per heavy atom. The van der Waals surface area contributed by atoms with E-state index in [9.17, 15) is 9.59 Å². The molecule has 1 amide bonds. The fourth-order valence-electron chi connectivity index (χ4n) is 2.89. The number of aromatic amines is 1. The molecule has 4 rings (SSSR count). The van der Waals surface area contributed by atoms with Crippen molar-refractivity contribution in [1.82, 2.24) is 29.8 Å². The Hall–Kier alpha value is -3.42. The zero-order valence-electron chi connectivity index (χ0n) is 14.1. The Morgan fingerprint density at radius 2 is 2.08 bits per heavy atom. The number of pyridine rings is 1. The lowest BCUT2D eigenvalue weighted by Gasteiger charge is -2.27. The number of aromatic nitrogens is 5. The molecule has 8 heteroatoms. The van der Waals surface area contributed by atoms with Crippen LogP contribution in [0.4, 0.5) is 0 Å². The van der Waals surface area contributed by atoms with Gasteiger partial charge < -0.3 is 9.88 Å². The number of nitrogens with one attached hydrogen (secondary N) is 1. The average Bonchev–Trinajstić information content (AvgIpc) is 2.68. The number of carbonyl (C=O) groups excluding carboxylic acids is 1. The first kappa shape index (κ1) is 16.1. The maximum atomic E-state index is 12.6. The van der Waals surface area contributed by atoms with Crippen LogP contribution in [0.15, 0.2) is 41.6 Å². The third kappa shape index (κ3) is 2.97.